The van der Waals surface area contributed by atoms with Crippen molar-refractivity contribution in [2.45, 2.75) is 19.4 Å². The quantitative estimate of drug-likeness (QED) is 0.856. The summed E-state index contributed by atoms with van der Waals surface area (Å²) in [5.74, 6) is -1.61. The third-order valence-corrected chi connectivity index (χ3v) is 2.59. The Hall–Kier alpha value is -1.00. The van der Waals surface area contributed by atoms with Gasteiger partial charge in [-0.05, 0) is 39.5 Å². The lowest BCUT2D eigenvalue weighted by Gasteiger charge is -2.16. The van der Waals surface area contributed by atoms with E-state index in [1.807, 2.05) is 19.0 Å². The highest BCUT2D eigenvalue weighted by molar-refractivity contribution is 5.27. The summed E-state index contributed by atoms with van der Waals surface area (Å²) in [7, 11) is 3.83. The molecule has 0 heterocycles. The van der Waals surface area contributed by atoms with Crippen LogP contribution < -0.4 is 5.73 Å². The van der Waals surface area contributed by atoms with Gasteiger partial charge in [-0.2, -0.15) is 0 Å². The van der Waals surface area contributed by atoms with Crippen LogP contribution in [0.3, 0.4) is 0 Å². The first kappa shape index (κ1) is 13.1. The second-order valence-corrected chi connectivity index (χ2v) is 4.30. The Morgan fingerprint density at radius 2 is 1.88 bits per heavy atom. The van der Waals surface area contributed by atoms with Gasteiger partial charge in [0.1, 0.15) is 0 Å². The molecule has 0 aliphatic heterocycles. The summed E-state index contributed by atoms with van der Waals surface area (Å²) in [6, 6.07) is 2.66. The molecule has 0 amide bonds. The summed E-state index contributed by atoms with van der Waals surface area (Å²) >= 11 is 0. The predicted octanol–water partition coefficient (Wildman–Crippen LogP) is 2.22. The van der Waals surface area contributed by atoms with Crippen LogP contribution in [-0.4, -0.2) is 25.5 Å². The second kappa shape index (κ2) is 5.37. The van der Waals surface area contributed by atoms with Crippen LogP contribution in [0.1, 0.15) is 23.6 Å². The van der Waals surface area contributed by atoms with E-state index < -0.39 is 17.7 Å². The van der Waals surface area contributed by atoms with E-state index in [4.69, 9.17) is 5.73 Å². The first-order valence-electron chi connectivity index (χ1n) is 5.28. The van der Waals surface area contributed by atoms with E-state index in [1.54, 1.807) is 12.1 Å². The van der Waals surface area contributed by atoms with Gasteiger partial charge in [-0.15, -0.1) is 0 Å². The molecule has 2 nitrogen and oxygen atoms in total. The molecule has 0 aromatic heterocycles. The van der Waals surface area contributed by atoms with E-state index in [0.717, 1.165) is 6.54 Å². The third-order valence-electron chi connectivity index (χ3n) is 2.59. The molecule has 0 aliphatic carbocycles. The second-order valence-electron chi connectivity index (χ2n) is 4.30. The van der Waals surface area contributed by atoms with Crippen molar-refractivity contribution in [1.29, 1.82) is 0 Å². The zero-order chi connectivity index (χ0) is 12.3. The molecule has 1 aromatic carbocycles. The van der Waals surface area contributed by atoms with E-state index in [0.29, 0.717) is 12.0 Å². The molecule has 1 aromatic rings. The summed E-state index contributed by atoms with van der Waals surface area (Å²) in [4.78, 5) is 1.96. The van der Waals surface area contributed by atoms with Gasteiger partial charge in [-0.3, -0.25) is 0 Å². The molecule has 16 heavy (non-hydrogen) atoms. The van der Waals surface area contributed by atoms with Crippen LogP contribution in [0.4, 0.5) is 8.78 Å². The summed E-state index contributed by atoms with van der Waals surface area (Å²) in [5.41, 5.74) is 6.39. The van der Waals surface area contributed by atoms with E-state index in [9.17, 15) is 8.78 Å². The number of aryl methyl sites for hydroxylation is 1. The highest BCUT2D eigenvalue weighted by Gasteiger charge is 2.16. The number of nitrogens with zero attached hydrogens (tertiary/aromatic N) is 1. The number of hydrogen-bond donors (Lipinski definition) is 1. The largest absolute Gasteiger partial charge is 0.324 e. The van der Waals surface area contributed by atoms with E-state index in [1.165, 1.54) is 6.92 Å². The highest BCUT2D eigenvalue weighted by atomic mass is 19.2. The monoisotopic (exact) mass is 228 g/mol. The summed E-state index contributed by atoms with van der Waals surface area (Å²) < 4.78 is 26.9. The minimum atomic E-state index is -0.814. The standard InChI is InChI=1S/C12H18F2N2/c1-8-4-5-9(12(14)11(8)13)10(15)6-7-16(2)3/h4-5,10H,6-7,15H2,1-3H3. The fourth-order valence-corrected chi connectivity index (χ4v) is 1.50. The third kappa shape index (κ3) is 3.00. The Balaban J connectivity index is 2.84. The molecular weight excluding hydrogens is 210 g/mol. The molecule has 0 saturated carbocycles. The summed E-state index contributed by atoms with van der Waals surface area (Å²) in [5, 5.41) is 0. The normalized spacial score (nSPS) is 13.2. The Morgan fingerprint density at radius 1 is 1.25 bits per heavy atom. The van der Waals surface area contributed by atoms with Crippen molar-refractivity contribution in [2.75, 3.05) is 20.6 Å². The Labute approximate surface area is 95.1 Å². The van der Waals surface area contributed by atoms with Gasteiger partial charge < -0.3 is 10.6 Å². The Bertz CT molecular complexity index is 364. The van der Waals surface area contributed by atoms with Gasteiger partial charge in [0.25, 0.3) is 0 Å². The smallest absolute Gasteiger partial charge is 0.163 e. The number of halogens is 2. The lowest BCUT2D eigenvalue weighted by atomic mass is 10.0. The summed E-state index contributed by atoms with van der Waals surface area (Å²) in [6.45, 7) is 2.28. The van der Waals surface area contributed by atoms with Crippen LogP contribution >= 0.6 is 0 Å². The van der Waals surface area contributed by atoms with Gasteiger partial charge >= 0.3 is 0 Å². The Morgan fingerprint density at radius 3 is 2.44 bits per heavy atom. The van der Waals surface area contributed by atoms with E-state index in [2.05, 4.69) is 0 Å². The molecule has 0 spiro atoms. The number of hydrogen-bond acceptors (Lipinski definition) is 2. The van der Waals surface area contributed by atoms with Crippen molar-refractivity contribution >= 4 is 0 Å². The Kier molecular flexibility index (Phi) is 4.38. The zero-order valence-electron chi connectivity index (χ0n) is 9.93. The molecule has 90 valence electrons. The fourth-order valence-electron chi connectivity index (χ4n) is 1.50. The molecule has 2 N–H and O–H groups in total. The van der Waals surface area contributed by atoms with Gasteiger partial charge in [0.05, 0.1) is 0 Å². The predicted molar refractivity (Wildman–Crippen MR) is 61.2 cm³/mol. The van der Waals surface area contributed by atoms with Gasteiger partial charge in [0.15, 0.2) is 11.6 Å². The van der Waals surface area contributed by atoms with Gasteiger partial charge in [-0.1, -0.05) is 12.1 Å². The number of rotatable bonds is 4. The van der Waals surface area contributed by atoms with Crippen molar-refractivity contribution in [3.63, 3.8) is 0 Å². The van der Waals surface area contributed by atoms with Crippen molar-refractivity contribution in [3.8, 4) is 0 Å². The molecule has 0 bridgehead atoms. The molecule has 0 aliphatic rings. The lowest BCUT2D eigenvalue weighted by Crippen LogP contribution is -2.21. The van der Waals surface area contributed by atoms with Gasteiger partial charge in [0.2, 0.25) is 0 Å². The molecule has 1 unspecified atom stereocenters. The SMILES string of the molecule is Cc1ccc(C(N)CCN(C)C)c(F)c1F. The van der Waals surface area contributed by atoms with Crippen LogP contribution in [0.15, 0.2) is 12.1 Å². The zero-order valence-corrected chi connectivity index (χ0v) is 9.93. The average molecular weight is 228 g/mol. The van der Waals surface area contributed by atoms with Crippen molar-refractivity contribution in [3.05, 3.63) is 34.9 Å². The topological polar surface area (TPSA) is 29.3 Å². The maximum Gasteiger partial charge on any atom is 0.163 e. The first-order chi connectivity index (χ1) is 7.43. The summed E-state index contributed by atoms with van der Waals surface area (Å²) in [6.07, 6.45) is 0.604. The maximum absolute atomic E-state index is 13.6. The fraction of sp³-hybridized carbons (Fsp3) is 0.500. The van der Waals surface area contributed by atoms with E-state index >= 15 is 0 Å². The van der Waals surface area contributed by atoms with Gasteiger partial charge in [0, 0.05) is 11.6 Å². The molecule has 4 heteroatoms. The average Bonchev–Trinajstić information content (AvgIpc) is 2.23. The van der Waals surface area contributed by atoms with Crippen LogP contribution in [0.25, 0.3) is 0 Å². The molecule has 1 atom stereocenters. The van der Waals surface area contributed by atoms with Crippen LogP contribution in [-0.2, 0) is 0 Å². The minimum Gasteiger partial charge on any atom is -0.324 e. The highest BCUT2D eigenvalue weighted by Crippen LogP contribution is 2.22. The van der Waals surface area contributed by atoms with E-state index in [-0.39, 0.29) is 5.56 Å². The first-order valence-corrected chi connectivity index (χ1v) is 5.28. The minimum absolute atomic E-state index is 0.255. The molecular formula is C12H18F2N2. The van der Waals surface area contributed by atoms with Crippen LogP contribution in [0.2, 0.25) is 0 Å². The van der Waals surface area contributed by atoms with Crippen molar-refractivity contribution < 1.29 is 8.78 Å². The maximum atomic E-state index is 13.6. The number of nitrogens with two attached hydrogens (primary N) is 1. The van der Waals surface area contributed by atoms with Crippen LogP contribution in [0, 0.1) is 18.6 Å². The molecule has 1 rings (SSSR count). The van der Waals surface area contributed by atoms with Crippen LogP contribution in [0.5, 0.6) is 0 Å². The lowest BCUT2D eigenvalue weighted by molar-refractivity contribution is 0.377. The molecule has 0 fully saturated rings. The molecule has 0 radical (unpaired) electrons. The van der Waals surface area contributed by atoms with Crippen molar-refractivity contribution in [2.24, 2.45) is 5.73 Å². The number of benzene rings is 1. The van der Waals surface area contributed by atoms with Crippen molar-refractivity contribution in [1.82, 2.24) is 4.90 Å². The van der Waals surface area contributed by atoms with Gasteiger partial charge in [-0.25, -0.2) is 8.78 Å². The molecule has 0 saturated heterocycles.